The highest BCUT2D eigenvalue weighted by atomic mass is 32.2. The van der Waals surface area contributed by atoms with Crippen LogP contribution in [-0.2, 0) is 4.74 Å². The van der Waals surface area contributed by atoms with Crippen molar-refractivity contribution in [1.82, 2.24) is 0 Å². The van der Waals surface area contributed by atoms with E-state index in [4.69, 9.17) is 10.5 Å². The third-order valence-corrected chi connectivity index (χ3v) is 3.33. The van der Waals surface area contributed by atoms with E-state index in [1.54, 1.807) is 7.11 Å². The van der Waals surface area contributed by atoms with Crippen LogP contribution in [-0.4, -0.2) is 25.5 Å². The van der Waals surface area contributed by atoms with Crippen molar-refractivity contribution in [3.05, 3.63) is 30.3 Å². The average Bonchev–Trinajstić information content (AvgIpc) is 2.28. The molecule has 0 saturated heterocycles. The van der Waals surface area contributed by atoms with Gasteiger partial charge < -0.3 is 10.5 Å². The van der Waals surface area contributed by atoms with Crippen molar-refractivity contribution in [2.45, 2.75) is 23.8 Å². The third-order valence-electron chi connectivity index (χ3n) is 2.13. The van der Waals surface area contributed by atoms with E-state index in [2.05, 4.69) is 24.3 Å². The Morgan fingerprint density at radius 3 is 2.73 bits per heavy atom. The highest BCUT2D eigenvalue weighted by Crippen LogP contribution is 2.18. The number of hydrogen-bond donors (Lipinski definition) is 1. The van der Waals surface area contributed by atoms with E-state index < -0.39 is 0 Å². The summed E-state index contributed by atoms with van der Waals surface area (Å²) in [4.78, 5) is 1.29. The van der Waals surface area contributed by atoms with Crippen molar-refractivity contribution in [2.75, 3.05) is 19.5 Å². The summed E-state index contributed by atoms with van der Waals surface area (Å²) in [7, 11) is 1.73. The van der Waals surface area contributed by atoms with E-state index in [9.17, 15) is 0 Å². The van der Waals surface area contributed by atoms with Gasteiger partial charge in [-0.05, 0) is 25.0 Å². The van der Waals surface area contributed by atoms with E-state index in [1.807, 2.05) is 17.8 Å². The summed E-state index contributed by atoms with van der Waals surface area (Å²) in [6, 6.07) is 10.6. The summed E-state index contributed by atoms with van der Waals surface area (Å²) in [6.45, 7) is 0.809. The monoisotopic (exact) mass is 225 g/mol. The second-order valence-corrected chi connectivity index (χ2v) is 4.61. The van der Waals surface area contributed by atoms with Gasteiger partial charge in [0.05, 0.1) is 0 Å². The third kappa shape index (κ3) is 5.82. The van der Waals surface area contributed by atoms with Crippen molar-refractivity contribution >= 4 is 11.8 Å². The molecule has 0 aliphatic rings. The quantitative estimate of drug-likeness (QED) is 0.572. The Kier molecular flexibility index (Phi) is 6.48. The van der Waals surface area contributed by atoms with Crippen molar-refractivity contribution in [2.24, 2.45) is 5.73 Å². The molecule has 1 rings (SSSR count). The van der Waals surface area contributed by atoms with Gasteiger partial charge in [-0.3, -0.25) is 0 Å². The number of rotatable bonds is 7. The molecule has 0 aliphatic heterocycles. The minimum absolute atomic E-state index is 0.269. The van der Waals surface area contributed by atoms with Crippen LogP contribution in [0, 0.1) is 0 Å². The average molecular weight is 225 g/mol. The summed E-state index contributed by atoms with van der Waals surface area (Å²) in [5.41, 5.74) is 5.99. The first-order valence-corrected chi connectivity index (χ1v) is 6.24. The molecular weight excluding hydrogens is 206 g/mol. The Morgan fingerprint density at radius 2 is 2.07 bits per heavy atom. The standard InChI is InChI=1S/C12H19NOS/c1-14-9-5-6-11(13)10-15-12-7-3-2-4-8-12/h2-4,7-8,11H,5-6,9-10,13H2,1H3. The van der Waals surface area contributed by atoms with Gasteiger partial charge in [-0.15, -0.1) is 11.8 Å². The van der Waals surface area contributed by atoms with Crippen molar-refractivity contribution in [1.29, 1.82) is 0 Å². The maximum absolute atomic E-state index is 5.99. The van der Waals surface area contributed by atoms with Crippen molar-refractivity contribution in [3.63, 3.8) is 0 Å². The van der Waals surface area contributed by atoms with Gasteiger partial charge in [0, 0.05) is 30.4 Å². The molecule has 0 bridgehead atoms. The highest BCUT2D eigenvalue weighted by Gasteiger charge is 2.02. The fourth-order valence-electron chi connectivity index (χ4n) is 1.29. The molecular formula is C12H19NOS. The number of nitrogens with two attached hydrogens (primary N) is 1. The molecule has 15 heavy (non-hydrogen) atoms. The second kappa shape index (κ2) is 7.74. The van der Waals surface area contributed by atoms with Crippen molar-refractivity contribution < 1.29 is 4.74 Å². The molecule has 0 saturated carbocycles. The first-order chi connectivity index (χ1) is 7.33. The van der Waals surface area contributed by atoms with Gasteiger partial charge in [-0.1, -0.05) is 18.2 Å². The molecule has 1 unspecified atom stereocenters. The lowest BCUT2D eigenvalue weighted by Gasteiger charge is -2.10. The maximum Gasteiger partial charge on any atom is 0.0462 e. The molecule has 0 heterocycles. The smallest absolute Gasteiger partial charge is 0.0462 e. The second-order valence-electron chi connectivity index (χ2n) is 3.52. The first kappa shape index (κ1) is 12.6. The molecule has 0 radical (unpaired) electrons. The molecule has 1 aromatic carbocycles. The van der Waals surface area contributed by atoms with Gasteiger partial charge >= 0.3 is 0 Å². The molecule has 2 nitrogen and oxygen atoms in total. The Balaban J connectivity index is 2.14. The number of hydrogen-bond acceptors (Lipinski definition) is 3. The zero-order chi connectivity index (χ0) is 10.9. The van der Waals surface area contributed by atoms with E-state index in [-0.39, 0.29) is 6.04 Å². The maximum atomic E-state index is 5.99. The van der Waals surface area contributed by atoms with Gasteiger partial charge in [-0.25, -0.2) is 0 Å². The van der Waals surface area contributed by atoms with E-state index >= 15 is 0 Å². The van der Waals surface area contributed by atoms with Gasteiger partial charge in [0.2, 0.25) is 0 Å². The lowest BCUT2D eigenvalue weighted by Crippen LogP contribution is -2.23. The Bertz CT molecular complexity index is 253. The van der Waals surface area contributed by atoms with Crippen LogP contribution >= 0.6 is 11.8 Å². The summed E-state index contributed by atoms with van der Waals surface area (Å²) in [6.07, 6.45) is 2.08. The Labute approximate surface area is 96.2 Å². The van der Waals surface area contributed by atoms with Gasteiger partial charge in [0.25, 0.3) is 0 Å². The molecule has 0 aromatic heterocycles. The molecule has 84 valence electrons. The van der Waals surface area contributed by atoms with Crippen LogP contribution in [0.2, 0.25) is 0 Å². The molecule has 0 amide bonds. The summed E-state index contributed by atoms with van der Waals surface area (Å²) in [5, 5.41) is 0. The van der Waals surface area contributed by atoms with Gasteiger partial charge in [-0.2, -0.15) is 0 Å². The summed E-state index contributed by atoms with van der Waals surface area (Å²) in [5.74, 6) is 0.980. The normalized spacial score (nSPS) is 12.7. The lowest BCUT2D eigenvalue weighted by atomic mass is 10.2. The molecule has 3 heteroatoms. The fourth-order valence-corrected chi connectivity index (χ4v) is 2.22. The Morgan fingerprint density at radius 1 is 1.33 bits per heavy atom. The predicted molar refractivity (Wildman–Crippen MR) is 66.3 cm³/mol. The SMILES string of the molecule is COCCCC(N)CSc1ccccc1. The molecule has 0 fully saturated rings. The zero-order valence-corrected chi connectivity index (χ0v) is 10.0. The van der Waals surface area contributed by atoms with E-state index in [0.29, 0.717) is 0 Å². The molecule has 2 N–H and O–H groups in total. The van der Waals surface area contributed by atoms with Crippen LogP contribution in [0.15, 0.2) is 35.2 Å². The predicted octanol–water partition coefficient (Wildman–Crippen LogP) is 2.53. The molecule has 1 atom stereocenters. The van der Waals surface area contributed by atoms with Crippen LogP contribution in [0.5, 0.6) is 0 Å². The van der Waals surface area contributed by atoms with Gasteiger partial charge in [0.15, 0.2) is 0 Å². The lowest BCUT2D eigenvalue weighted by molar-refractivity contribution is 0.191. The van der Waals surface area contributed by atoms with Crippen LogP contribution in [0.1, 0.15) is 12.8 Å². The summed E-state index contributed by atoms with van der Waals surface area (Å²) >= 11 is 1.82. The van der Waals surface area contributed by atoms with Gasteiger partial charge in [0.1, 0.15) is 0 Å². The highest BCUT2D eigenvalue weighted by molar-refractivity contribution is 7.99. The topological polar surface area (TPSA) is 35.2 Å². The van der Waals surface area contributed by atoms with E-state index in [1.165, 1.54) is 4.90 Å². The first-order valence-electron chi connectivity index (χ1n) is 5.25. The number of methoxy groups -OCH3 is 1. The summed E-state index contributed by atoms with van der Waals surface area (Å²) < 4.78 is 4.99. The number of benzene rings is 1. The minimum atomic E-state index is 0.269. The van der Waals surface area contributed by atoms with Crippen molar-refractivity contribution in [3.8, 4) is 0 Å². The van der Waals surface area contributed by atoms with Crippen LogP contribution in [0.3, 0.4) is 0 Å². The van der Waals surface area contributed by atoms with Crippen LogP contribution < -0.4 is 5.73 Å². The Hall–Kier alpha value is -0.510. The zero-order valence-electron chi connectivity index (χ0n) is 9.19. The fraction of sp³-hybridized carbons (Fsp3) is 0.500. The number of ether oxygens (including phenoxy) is 1. The molecule has 0 aliphatic carbocycles. The molecule has 1 aromatic rings. The van der Waals surface area contributed by atoms with Crippen LogP contribution in [0.4, 0.5) is 0 Å². The number of thioether (sulfide) groups is 1. The van der Waals surface area contributed by atoms with E-state index in [0.717, 1.165) is 25.2 Å². The molecule has 0 spiro atoms. The minimum Gasteiger partial charge on any atom is -0.385 e. The van der Waals surface area contributed by atoms with Crippen LogP contribution in [0.25, 0.3) is 0 Å². The largest absolute Gasteiger partial charge is 0.385 e.